The van der Waals surface area contributed by atoms with Crippen molar-refractivity contribution in [1.29, 1.82) is 0 Å². The van der Waals surface area contributed by atoms with Crippen LogP contribution in [0.4, 0.5) is 19.3 Å². The van der Waals surface area contributed by atoms with Gasteiger partial charge in [-0.3, -0.25) is 10.2 Å². The fourth-order valence-electron chi connectivity index (χ4n) is 3.58. The molecule has 0 spiro atoms. The van der Waals surface area contributed by atoms with Crippen LogP contribution in [0.2, 0.25) is 0 Å². The molecule has 1 atom stereocenters. The number of halogens is 2. The molecule has 3 aliphatic heterocycles. The van der Waals surface area contributed by atoms with E-state index in [1.54, 1.807) is 11.1 Å². The van der Waals surface area contributed by atoms with Crippen LogP contribution < -0.4 is 10.2 Å². The SMILES string of the molecule is CC(O)c1cc(F)c(N2CCN(C3=NC4=CN(C)CN4C(=O)N3)CC2)c(F)c1. The quantitative estimate of drug-likeness (QED) is 0.792. The number of carbonyl (C=O) groups excluding carboxylic acids is 1. The van der Waals surface area contributed by atoms with Gasteiger partial charge < -0.3 is 19.8 Å². The smallest absolute Gasteiger partial charge is 0.331 e. The summed E-state index contributed by atoms with van der Waals surface area (Å²) in [5, 5.41) is 12.3. The maximum absolute atomic E-state index is 14.4. The minimum absolute atomic E-state index is 0.0926. The highest BCUT2D eigenvalue weighted by molar-refractivity contribution is 5.99. The number of guanidine groups is 1. The summed E-state index contributed by atoms with van der Waals surface area (Å²) >= 11 is 0. The van der Waals surface area contributed by atoms with Crippen molar-refractivity contribution in [2.75, 3.05) is 44.8 Å². The molecule has 28 heavy (non-hydrogen) atoms. The van der Waals surface area contributed by atoms with Gasteiger partial charge in [0.2, 0.25) is 5.96 Å². The van der Waals surface area contributed by atoms with Gasteiger partial charge in [-0.15, -0.1) is 0 Å². The van der Waals surface area contributed by atoms with E-state index in [4.69, 9.17) is 0 Å². The van der Waals surface area contributed by atoms with Gasteiger partial charge in [-0.25, -0.2) is 13.6 Å². The third-order valence-electron chi connectivity index (χ3n) is 5.08. The molecule has 2 amide bonds. The number of benzene rings is 1. The zero-order valence-electron chi connectivity index (χ0n) is 15.7. The number of nitrogens with one attached hydrogen (secondary N) is 1. The van der Waals surface area contributed by atoms with Gasteiger partial charge in [-0.1, -0.05) is 0 Å². The van der Waals surface area contributed by atoms with Gasteiger partial charge >= 0.3 is 6.03 Å². The van der Waals surface area contributed by atoms with Crippen LogP contribution in [-0.4, -0.2) is 71.7 Å². The summed E-state index contributed by atoms with van der Waals surface area (Å²) in [4.78, 5) is 23.7. The minimum atomic E-state index is -0.939. The highest BCUT2D eigenvalue weighted by Gasteiger charge is 2.33. The van der Waals surface area contributed by atoms with Crippen LogP contribution in [-0.2, 0) is 0 Å². The molecule has 1 aromatic rings. The molecular weight excluding hydrogens is 370 g/mol. The molecule has 0 aliphatic carbocycles. The number of rotatable bonds is 2. The Morgan fingerprint density at radius 3 is 2.36 bits per heavy atom. The predicted octanol–water partition coefficient (Wildman–Crippen LogP) is 1.22. The minimum Gasteiger partial charge on any atom is -0.389 e. The lowest BCUT2D eigenvalue weighted by atomic mass is 10.1. The summed E-state index contributed by atoms with van der Waals surface area (Å²) in [6, 6.07) is 2.09. The summed E-state index contributed by atoms with van der Waals surface area (Å²) in [7, 11) is 1.86. The van der Waals surface area contributed by atoms with Gasteiger partial charge in [0.1, 0.15) is 24.0 Å². The van der Waals surface area contributed by atoms with E-state index in [0.717, 1.165) is 0 Å². The Balaban J connectivity index is 1.48. The fraction of sp³-hybridized carbons (Fsp3) is 0.444. The maximum atomic E-state index is 14.4. The predicted molar refractivity (Wildman–Crippen MR) is 99.3 cm³/mol. The number of hydrogen-bond acceptors (Lipinski definition) is 6. The standard InChI is InChI=1S/C18H22F2N6O2/c1-11(27)12-7-13(19)16(14(20)8-12)24-3-5-25(6-4-24)17-21-15-9-23(2)10-26(15)18(28)22-17/h7-9,11,27H,3-6,10H2,1-2H3,(H,21,22,28). The third kappa shape index (κ3) is 3.24. The van der Waals surface area contributed by atoms with Gasteiger partial charge in [-0.05, 0) is 24.6 Å². The number of hydrogen-bond donors (Lipinski definition) is 2. The summed E-state index contributed by atoms with van der Waals surface area (Å²) in [6.45, 7) is 3.58. The molecule has 3 heterocycles. The van der Waals surface area contributed by atoms with E-state index < -0.39 is 17.7 Å². The molecule has 1 fully saturated rings. The lowest BCUT2D eigenvalue weighted by Crippen LogP contribution is -2.57. The van der Waals surface area contributed by atoms with Crippen molar-refractivity contribution in [3.63, 3.8) is 0 Å². The van der Waals surface area contributed by atoms with E-state index in [1.165, 1.54) is 24.0 Å². The number of aliphatic hydroxyl groups is 1. The molecule has 150 valence electrons. The summed E-state index contributed by atoms with van der Waals surface area (Å²) < 4.78 is 28.9. The summed E-state index contributed by atoms with van der Waals surface area (Å²) in [5.74, 6) is -0.354. The van der Waals surface area contributed by atoms with E-state index in [9.17, 15) is 18.7 Å². The fourth-order valence-corrected chi connectivity index (χ4v) is 3.58. The van der Waals surface area contributed by atoms with E-state index in [2.05, 4.69) is 10.3 Å². The number of urea groups is 1. The molecule has 0 aromatic heterocycles. The van der Waals surface area contributed by atoms with Gasteiger partial charge in [0, 0.05) is 39.4 Å². The van der Waals surface area contributed by atoms with E-state index in [-0.39, 0.29) is 17.3 Å². The molecule has 10 heteroatoms. The van der Waals surface area contributed by atoms with Crippen molar-refractivity contribution < 1.29 is 18.7 Å². The van der Waals surface area contributed by atoms with E-state index in [1.807, 2.05) is 16.8 Å². The second-order valence-electron chi connectivity index (χ2n) is 7.16. The van der Waals surface area contributed by atoms with Crippen molar-refractivity contribution in [3.8, 4) is 0 Å². The molecule has 1 saturated heterocycles. The number of aliphatic imine (C=N–C) groups is 1. The van der Waals surface area contributed by atoms with Gasteiger partial charge in [0.25, 0.3) is 0 Å². The summed E-state index contributed by atoms with van der Waals surface area (Å²) in [5.41, 5.74) is 0.112. The van der Waals surface area contributed by atoms with E-state index >= 15 is 0 Å². The molecule has 0 radical (unpaired) electrons. The largest absolute Gasteiger partial charge is 0.389 e. The van der Waals surface area contributed by atoms with Crippen molar-refractivity contribution in [3.05, 3.63) is 41.4 Å². The van der Waals surface area contributed by atoms with Crippen LogP contribution >= 0.6 is 0 Å². The Morgan fingerprint density at radius 2 is 1.75 bits per heavy atom. The van der Waals surface area contributed by atoms with Crippen molar-refractivity contribution in [2.24, 2.45) is 4.99 Å². The lowest BCUT2D eigenvalue weighted by Gasteiger charge is -2.39. The van der Waals surface area contributed by atoms with E-state index in [0.29, 0.717) is 44.6 Å². The Morgan fingerprint density at radius 1 is 1.14 bits per heavy atom. The molecular formula is C18H22F2N6O2. The van der Waals surface area contributed by atoms with Crippen molar-refractivity contribution in [1.82, 2.24) is 20.0 Å². The first-order valence-electron chi connectivity index (χ1n) is 9.09. The van der Waals surface area contributed by atoms with Crippen LogP contribution in [0, 0.1) is 11.6 Å². The van der Waals surface area contributed by atoms with Crippen LogP contribution in [0.15, 0.2) is 29.1 Å². The first kappa shape index (κ1) is 18.5. The molecule has 2 N–H and O–H groups in total. The number of amides is 2. The van der Waals surface area contributed by atoms with Crippen molar-refractivity contribution >= 4 is 17.7 Å². The Bertz CT molecular complexity index is 841. The Kier molecular flexibility index (Phi) is 4.58. The highest BCUT2D eigenvalue weighted by Crippen LogP contribution is 2.28. The number of piperazine rings is 1. The Labute approximate surface area is 161 Å². The molecule has 4 rings (SSSR count). The first-order chi connectivity index (χ1) is 13.3. The average molecular weight is 392 g/mol. The number of aliphatic hydroxyl groups excluding tert-OH is 1. The molecule has 1 unspecified atom stereocenters. The number of carbonyl (C=O) groups is 1. The van der Waals surface area contributed by atoms with Gasteiger partial charge in [0.05, 0.1) is 6.10 Å². The number of fused-ring (bicyclic) bond motifs is 1. The van der Waals surface area contributed by atoms with Crippen molar-refractivity contribution in [2.45, 2.75) is 13.0 Å². The zero-order chi connectivity index (χ0) is 20.0. The Hall–Kier alpha value is -2.88. The van der Waals surface area contributed by atoms with Gasteiger partial charge in [-0.2, -0.15) is 4.99 Å². The first-order valence-corrected chi connectivity index (χ1v) is 9.09. The average Bonchev–Trinajstić information content (AvgIpc) is 3.02. The monoisotopic (exact) mass is 392 g/mol. The number of nitrogens with zero attached hydrogens (tertiary/aromatic N) is 5. The zero-order valence-corrected chi connectivity index (χ0v) is 15.7. The topological polar surface area (TPSA) is 74.7 Å². The lowest BCUT2D eigenvalue weighted by molar-refractivity contribution is 0.198. The third-order valence-corrected chi connectivity index (χ3v) is 5.08. The molecule has 8 nitrogen and oxygen atoms in total. The molecule has 1 aromatic carbocycles. The molecule has 0 saturated carbocycles. The second kappa shape index (κ2) is 6.93. The molecule has 0 bridgehead atoms. The highest BCUT2D eigenvalue weighted by atomic mass is 19.1. The van der Waals surface area contributed by atoms with Crippen LogP contribution in [0.3, 0.4) is 0 Å². The normalized spacial score (nSPS) is 20.7. The second-order valence-corrected chi connectivity index (χ2v) is 7.16. The molecule has 3 aliphatic rings. The van der Waals surface area contributed by atoms with Crippen LogP contribution in [0.25, 0.3) is 0 Å². The van der Waals surface area contributed by atoms with Crippen LogP contribution in [0.5, 0.6) is 0 Å². The van der Waals surface area contributed by atoms with Crippen LogP contribution in [0.1, 0.15) is 18.6 Å². The van der Waals surface area contributed by atoms with Gasteiger partial charge in [0.15, 0.2) is 5.82 Å². The maximum Gasteiger partial charge on any atom is 0.331 e. The summed E-state index contributed by atoms with van der Waals surface area (Å²) in [6.07, 6.45) is 0.857. The number of anilines is 1.